The zero-order valence-corrected chi connectivity index (χ0v) is 9.47. The molecule has 0 aromatic heterocycles. The van der Waals surface area contributed by atoms with Gasteiger partial charge in [-0.1, -0.05) is 31.0 Å². The van der Waals surface area contributed by atoms with E-state index in [0.29, 0.717) is 5.54 Å². The van der Waals surface area contributed by atoms with E-state index >= 15 is 0 Å². The Morgan fingerprint density at radius 3 is 2.80 bits per heavy atom. The quantitative estimate of drug-likeness (QED) is 0.680. The highest BCUT2D eigenvalue weighted by Crippen LogP contribution is 2.37. The molecular formula is C14H19N. The SMILES string of the molecule is Cc1cccc2c1CC1(CCCC1)NC2. The van der Waals surface area contributed by atoms with Crippen molar-refractivity contribution in [1.82, 2.24) is 5.32 Å². The molecule has 1 heteroatoms. The van der Waals surface area contributed by atoms with Gasteiger partial charge in [0.2, 0.25) is 0 Å². The van der Waals surface area contributed by atoms with Crippen LogP contribution in [0.3, 0.4) is 0 Å². The lowest BCUT2D eigenvalue weighted by atomic mass is 9.82. The summed E-state index contributed by atoms with van der Waals surface area (Å²) in [5.41, 5.74) is 5.09. The van der Waals surface area contributed by atoms with E-state index in [0.717, 1.165) is 6.54 Å². The van der Waals surface area contributed by atoms with Crippen molar-refractivity contribution in [3.63, 3.8) is 0 Å². The average molecular weight is 201 g/mol. The summed E-state index contributed by atoms with van der Waals surface area (Å²) in [6.07, 6.45) is 6.83. The molecule has 1 aromatic rings. The number of rotatable bonds is 0. The van der Waals surface area contributed by atoms with E-state index in [4.69, 9.17) is 0 Å². The van der Waals surface area contributed by atoms with Crippen molar-refractivity contribution in [1.29, 1.82) is 0 Å². The Morgan fingerprint density at radius 1 is 1.20 bits per heavy atom. The highest BCUT2D eigenvalue weighted by Gasteiger charge is 2.36. The lowest BCUT2D eigenvalue weighted by Crippen LogP contribution is -2.47. The van der Waals surface area contributed by atoms with E-state index < -0.39 is 0 Å². The predicted octanol–water partition coefficient (Wildman–Crippen LogP) is 2.95. The third kappa shape index (κ3) is 1.50. The molecule has 1 nitrogen and oxygen atoms in total. The van der Waals surface area contributed by atoms with Crippen molar-refractivity contribution in [2.24, 2.45) is 0 Å². The standard InChI is InChI=1S/C14H19N/c1-11-5-4-6-12-10-15-14(9-13(11)12)7-2-3-8-14/h4-6,15H,2-3,7-10H2,1H3. The predicted molar refractivity (Wildman–Crippen MR) is 62.9 cm³/mol. The maximum Gasteiger partial charge on any atom is 0.0225 e. The fraction of sp³-hybridized carbons (Fsp3) is 0.571. The Bertz CT molecular complexity index is 375. The van der Waals surface area contributed by atoms with E-state index in [1.54, 1.807) is 5.56 Å². The van der Waals surface area contributed by atoms with Crippen LogP contribution in [-0.2, 0) is 13.0 Å². The molecule has 1 saturated carbocycles. The van der Waals surface area contributed by atoms with Gasteiger partial charge in [-0.25, -0.2) is 0 Å². The summed E-state index contributed by atoms with van der Waals surface area (Å²) in [7, 11) is 0. The van der Waals surface area contributed by atoms with E-state index in [9.17, 15) is 0 Å². The van der Waals surface area contributed by atoms with Gasteiger partial charge in [0, 0.05) is 12.1 Å². The zero-order chi connectivity index (χ0) is 10.3. The molecule has 80 valence electrons. The summed E-state index contributed by atoms with van der Waals surface area (Å²) < 4.78 is 0. The smallest absolute Gasteiger partial charge is 0.0225 e. The maximum absolute atomic E-state index is 3.78. The van der Waals surface area contributed by atoms with E-state index in [1.807, 2.05) is 0 Å². The molecule has 15 heavy (non-hydrogen) atoms. The molecule has 1 spiro atoms. The van der Waals surface area contributed by atoms with E-state index in [-0.39, 0.29) is 0 Å². The molecule has 0 bridgehead atoms. The largest absolute Gasteiger partial charge is 0.307 e. The van der Waals surface area contributed by atoms with Crippen molar-refractivity contribution in [3.05, 3.63) is 34.9 Å². The van der Waals surface area contributed by atoms with Crippen LogP contribution in [0.15, 0.2) is 18.2 Å². The van der Waals surface area contributed by atoms with Gasteiger partial charge in [-0.3, -0.25) is 0 Å². The first-order chi connectivity index (χ1) is 7.29. The number of nitrogens with one attached hydrogen (secondary N) is 1. The second-order valence-corrected chi connectivity index (χ2v) is 5.23. The lowest BCUT2D eigenvalue weighted by Gasteiger charge is -2.37. The zero-order valence-electron chi connectivity index (χ0n) is 9.47. The van der Waals surface area contributed by atoms with Crippen LogP contribution in [0.2, 0.25) is 0 Å². The van der Waals surface area contributed by atoms with Crippen LogP contribution in [0.1, 0.15) is 42.4 Å². The Balaban J connectivity index is 1.98. The molecule has 3 rings (SSSR count). The van der Waals surface area contributed by atoms with Gasteiger partial charge in [0.15, 0.2) is 0 Å². The summed E-state index contributed by atoms with van der Waals surface area (Å²) in [5.74, 6) is 0. The molecule has 1 aliphatic heterocycles. The molecule has 0 atom stereocenters. The van der Waals surface area contributed by atoms with Crippen LogP contribution in [0.5, 0.6) is 0 Å². The molecule has 0 amide bonds. The lowest BCUT2D eigenvalue weighted by molar-refractivity contribution is 0.308. The molecule has 0 radical (unpaired) electrons. The second-order valence-electron chi connectivity index (χ2n) is 5.23. The Kier molecular flexibility index (Phi) is 2.10. The van der Waals surface area contributed by atoms with Gasteiger partial charge >= 0.3 is 0 Å². The summed E-state index contributed by atoms with van der Waals surface area (Å²) >= 11 is 0. The highest BCUT2D eigenvalue weighted by molar-refractivity contribution is 5.38. The monoisotopic (exact) mass is 201 g/mol. The number of benzene rings is 1. The van der Waals surface area contributed by atoms with Crippen LogP contribution in [0, 0.1) is 6.92 Å². The summed E-state index contributed by atoms with van der Waals surface area (Å²) in [5, 5.41) is 3.78. The fourth-order valence-corrected chi connectivity index (χ4v) is 3.27. The first-order valence-electron chi connectivity index (χ1n) is 6.12. The third-order valence-corrected chi connectivity index (χ3v) is 4.24. The Labute approximate surface area is 91.9 Å². The molecule has 2 aliphatic rings. The van der Waals surface area contributed by atoms with Crippen molar-refractivity contribution in [3.8, 4) is 0 Å². The number of hydrogen-bond donors (Lipinski definition) is 1. The van der Waals surface area contributed by atoms with Gasteiger partial charge in [-0.15, -0.1) is 0 Å². The van der Waals surface area contributed by atoms with Gasteiger partial charge in [0.25, 0.3) is 0 Å². The minimum atomic E-state index is 0.457. The average Bonchev–Trinajstić information content (AvgIpc) is 2.68. The van der Waals surface area contributed by atoms with Crippen molar-refractivity contribution >= 4 is 0 Å². The number of hydrogen-bond acceptors (Lipinski definition) is 1. The summed E-state index contributed by atoms with van der Waals surface area (Å²) in [4.78, 5) is 0. The van der Waals surface area contributed by atoms with Crippen LogP contribution in [0.25, 0.3) is 0 Å². The maximum atomic E-state index is 3.78. The molecule has 1 fully saturated rings. The van der Waals surface area contributed by atoms with Gasteiger partial charge in [0.1, 0.15) is 0 Å². The fourth-order valence-electron chi connectivity index (χ4n) is 3.27. The third-order valence-electron chi connectivity index (χ3n) is 4.24. The minimum Gasteiger partial charge on any atom is -0.307 e. The first-order valence-corrected chi connectivity index (χ1v) is 6.12. The molecular weight excluding hydrogens is 182 g/mol. The molecule has 1 aromatic carbocycles. The van der Waals surface area contributed by atoms with Gasteiger partial charge in [0.05, 0.1) is 0 Å². The topological polar surface area (TPSA) is 12.0 Å². The first kappa shape index (κ1) is 9.41. The van der Waals surface area contributed by atoms with Crippen LogP contribution in [-0.4, -0.2) is 5.54 Å². The number of fused-ring (bicyclic) bond motifs is 1. The van der Waals surface area contributed by atoms with E-state index in [1.165, 1.54) is 43.2 Å². The van der Waals surface area contributed by atoms with Crippen molar-refractivity contribution < 1.29 is 0 Å². The molecule has 0 unspecified atom stereocenters. The van der Waals surface area contributed by atoms with Gasteiger partial charge < -0.3 is 5.32 Å². The van der Waals surface area contributed by atoms with Crippen LogP contribution in [0.4, 0.5) is 0 Å². The van der Waals surface area contributed by atoms with Crippen LogP contribution >= 0.6 is 0 Å². The molecule has 1 heterocycles. The normalized spacial score (nSPS) is 23.0. The van der Waals surface area contributed by atoms with Gasteiger partial charge in [-0.05, 0) is 42.9 Å². The Hall–Kier alpha value is -0.820. The van der Waals surface area contributed by atoms with Crippen LogP contribution < -0.4 is 5.32 Å². The minimum absolute atomic E-state index is 0.457. The molecule has 1 N–H and O–H groups in total. The second kappa shape index (κ2) is 3.34. The summed E-state index contributed by atoms with van der Waals surface area (Å²) in [6, 6.07) is 6.71. The van der Waals surface area contributed by atoms with Crippen molar-refractivity contribution in [2.75, 3.05) is 0 Å². The Morgan fingerprint density at radius 2 is 2.00 bits per heavy atom. The number of aryl methyl sites for hydroxylation is 1. The van der Waals surface area contributed by atoms with Crippen molar-refractivity contribution in [2.45, 2.75) is 51.1 Å². The molecule has 1 aliphatic carbocycles. The van der Waals surface area contributed by atoms with E-state index in [2.05, 4.69) is 30.4 Å². The summed E-state index contributed by atoms with van der Waals surface area (Å²) in [6.45, 7) is 3.34. The molecule has 0 saturated heterocycles. The van der Waals surface area contributed by atoms with Gasteiger partial charge in [-0.2, -0.15) is 0 Å². The highest BCUT2D eigenvalue weighted by atomic mass is 15.0.